The molecule has 0 amide bonds. The molecule has 6 nitrogen and oxygen atoms in total. The van der Waals surface area contributed by atoms with Gasteiger partial charge in [0.05, 0.1) is 0 Å². The Labute approximate surface area is 130 Å². The molecule has 0 aromatic rings. The molecule has 0 aromatic heterocycles. The molecule has 21 heavy (non-hydrogen) atoms. The standard InChI is InChI=1S/C14H32N4O2S/c1-6-18(13(2)12-16(4)5)21(19,20)17-9-7-14(8-10-17)11-15-3/h13-15H,6-12H2,1-5H3. The molecule has 0 aromatic carbocycles. The highest BCUT2D eigenvalue weighted by Gasteiger charge is 2.34. The molecule has 1 rings (SSSR count). The van der Waals surface area contributed by atoms with Crippen molar-refractivity contribution >= 4 is 10.2 Å². The van der Waals surface area contributed by atoms with E-state index in [0.29, 0.717) is 25.6 Å². The smallest absolute Gasteiger partial charge is 0.282 e. The summed E-state index contributed by atoms with van der Waals surface area (Å²) in [6.07, 6.45) is 1.89. The Kier molecular flexibility index (Phi) is 7.56. The van der Waals surface area contributed by atoms with Crippen LogP contribution in [0.1, 0.15) is 26.7 Å². The molecule has 0 saturated carbocycles. The Hall–Kier alpha value is -0.210. The van der Waals surface area contributed by atoms with Crippen LogP contribution in [-0.4, -0.2) is 81.8 Å². The van der Waals surface area contributed by atoms with E-state index in [9.17, 15) is 8.42 Å². The molecular weight excluding hydrogens is 288 g/mol. The lowest BCUT2D eigenvalue weighted by molar-refractivity contribution is 0.225. The Morgan fingerprint density at radius 1 is 1.29 bits per heavy atom. The monoisotopic (exact) mass is 320 g/mol. The summed E-state index contributed by atoms with van der Waals surface area (Å²) in [5, 5.41) is 3.18. The van der Waals surface area contributed by atoms with Crippen LogP contribution >= 0.6 is 0 Å². The summed E-state index contributed by atoms with van der Waals surface area (Å²) in [7, 11) is 2.56. The molecule has 1 aliphatic heterocycles. The van der Waals surface area contributed by atoms with Crippen molar-refractivity contribution in [3.63, 3.8) is 0 Å². The lowest BCUT2D eigenvalue weighted by atomic mass is 9.98. The zero-order chi connectivity index (χ0) is 16.0. The van der Waals surface area contributed by atoms with Crippen LogP contribution in [0.5, 0.6) is 0 Å². The van der Waals surface area contributed by atoms with E-state index in [0.717, 1.165) is 25.9 Å². The second-order valence-corrected chi connectivity index (χ2v) is 8.10. The SMILES string of the molecule is CCN(C(C)CN(C)C)S(=O)(=O)N1CCC(CNC)CC1. The third kappa shape index (κ3) is 5.17. The van der Waals surface area contributed by atoms with Gasteiger partial charge in [0.15, 0.2) is 0 Å². The highest BCUT2D eigenvalue weighted by Crippen LogP contribution is 2.22. The van der Waals surface area contributed by atoms with E-state index in [2.05, 4.69) is 5.32 Å². The molecule has 1 saturated heterocycles. The predicted molar refractivity (Wildman–Crippen MR) is 87.5 cm³/mol. The summed E-state index contributed by atoms with van der Waals surface area (Å²) in [5.41, 5.74) is 0. The summed E-state index contributed by atoms with van der Waals surface area (Å²) in [4.78, 5) is 2.03. The van der Waals surface area contributed by atoms with Crippen LogP contribution < -0.4 is 5.32 Å². The molecule has 1 heterocycles. The fourth-order valence-corrected chi connectivity index (χ4v) is 4.92. The number of hydrogen-bond donors (Lipinski definition) is 1. The number of rotatable bonds is 8. The first-order valence-electron chi connectivity index (χ1n) is 7.89. The van der Waals surface area contributed by atoms with Crippen molar-refractivity contribution in [1.29, 1.82) is 0 Å². The van der Waals surface area contributed by atoms with Gasteiger partial charge in [0.2, 0.25) is 0 Å². The van der Waals surface area contributed by atoms with Gasteiger partial charge in [-0.3, -0.25) is 0 Å². The van der Waals surface area contributed by atoms with Gasteiger partial charge in [-0.05, 0) is 53.4 Å². The van der Waals surface area contributed by atoms with E-state index < -0.39 is 10.2 Å². The van der Waals surface area contributed by atoms with Crippen molar-refractivity contribution in [2.45, 2.75) is 32.7 Å². The maximum atomic E-state index is 12.8. The predicted octanol–water partition coefficient (Wildman–Crippen LogP) is 0.435. The number of piperidine rings is 1. The average molecular weight is 321 g/mol. The van der Waals surface area contributed by atoms with Gasteiger partial charge < -0.3 is 10.2 Å². The molecule has 1 N–H and O–H groups in total. The topological polar surface area (TPSA) is 55.9 Å². The third-order valence-electron chi connectivity index (χ3n) is 4.12. The van der Waals surface area contributed by atoms with Gasteiger partial charge in [0, 0.05) is 32.2 Å². The van der Waals surface area contributed by atoms with Gasteiger partial charge in [0.1, 0.15) is 0 Å². The molecule has 0 aliphatic carbocycles. The summed E-state index contributed by atoms with van der Waals surface area (Å²) in [6.45, 7) is 7.41. The first-order chi connectivity index (χ1) is 9.82. The first-order valence-corrected chi connectivity index (χ1v) is 9.28. The molecule has 1 aliphatic rings. The molecule has 1 unspecified atom stereocenters. The van der Waals surface area contributed by atoms with E-state index in [1.807, 2.05) is 39.9 Å². The first kappa shape index (κ1) is 18.8. The minimum absolute atomic E-state index is 0.00923. The lowest BCUT2D eigenvalue weighted by Crippen LogP contribution is -2.52. The van der Waals surface area contributed by atoms with Gasteiger partial charge in [-0.1, -0.05) is 6.92 Å². The van der Waals surface area contributed by atoms with Crippen molar-refractivity contribution in [3.05, 3.63) is 0 Å². The Morgan fingerprint density at radius 2 is 1.86 bits per heavy atom. The second-order valence-electron chi connectivity index (χ2n) is 6.22. The molecule has 0 bridgehead atoms. The minimum Gasteiger partial charge on any atom is -0.319 e. The zero-order valence-corrected chi connectivity index (χ0v) is 15.0. The van der Waals surface area contributed by atoms with Gasteiger partial charge in [-0.2, -0.15) is 17.0 Å². The van der Waals surface area contributed by atoms with Crippen LogP contribution in [0.25, 0.3) is 0 Å². The van der Waals surface area contributed by atoms with E-state index in [4.69, 9.17) is 0 Å². The number of nitrogens with one attached hydrogen (secondary N) is 1. The average Bonchev–Trinajstić information content (AvgIpc) is 2.39. The summed E-state index contributed by atoms with van der Waals surface area (Å²) in [6, 6.07) is -0.00923. The van der Waals surface area contributed by atoms with Crippen LogP contribution in [0, 0.1) is 5.92 Å². The quantitative estimate of drug-likeness (QED) is 0.705. The second kappa shape index (κ2) is 8.43. The van der Waals surface area contributed by atoms with Crippen molar-refractivity contribution in [3.8, 4) is 0 Å². The van der Waals surface area contributed by atoms with Crippen molar-refractivity contribution in [2.24, 2.45) is 5.92 Å². The lowest BCUT2D eigenvalue weighted by Gasteiger charge is -2.37. The minimum atomic E-state index is -3.34. The van der Waals surface area contributed by atoms with Gasteiger partial charge >= 0.3 is 0 Å². The van der Waals surface area contributed by atoms with Crippen LogP contribution in [0.3, 0.4) is 0 Å². The Morgan fingerprint density at radius 3 is 2.29 bits per heavy atom. The van der Waals surface area contributed by atoms with Crippen molar-refractivity contribution < 1.29 is 8.42 Å². The number of hydrogen-bond acceptors (Lipinski definition) is 4. The Balaban J connectivity index is 2.70. The molecule has 1 atom stereocenters. The van der Waals surface area contributed by atoms with Crippen LogP contribution in [0.15, 0.2) is 0 Å². The third-order valence-corrected chi connectivity index (χ3v) is 6.35. The van der Waals surface area contributed by atoms with Crippen molar-refractivity contribution in [2.75, 3.05) is 53.9 Å². The van der Waals surface area contributed by atoms with Crippen LogP contribution in [-0.2, 0) is 10.2 Å². The maximum Gasteiger partial charge on any atom is 0.282 e. The van der Waals surface area contributed by atoms with E-state index in [-0.39, 0.29) is 6.04 Å². The highest BCUT2D eigenvalue weighted by atomic mass is 32.2. The van der Waals surface area contributed by atoms with Gasteiger partial charge in [0.25, 0.3) is 10.2 Å². The molecular formula is C14H32N4O2S. The van der Waals surface area contributed by atoms with Crippen molar-refractivity contribution in [1.82, 2.24) is 18.8 Å². The Bertz CT molecular complexity index is 392. The summed E-state index contributed by atoms with van der Waals surface area (Å²) in [5.74, 6) is 0.593. The maximum absolute atomic E-state index is 12.8. The van der Waals surface area contributed by atoms with Crippen LogP contribution in [0.4, 0.5) is 0 Å². The number of likely N-dealkylation sites (N-methyl/N-ethyl adjacent to an activating group) is 2. The largest absolute Gasteiger partial charge is 0.319 e. The molecule has 1 fully saturated rings. The molecule has 126 valence electrons. The molecule has 0 radical (unpaired) electrons. The highest BCUT2D eigenvalue weighted by molar-refractivity contribution is 7.86. The fourth-order valence-electron chi connectivity index (χ4n) is 3.10. The summed E-state index contributed by atoms with van der Waals surface area (Å²) < 4.78 is 28.9. The zero-order valence-electron chi connectivity index (χ0n) is 14.2. The van der Waals surface area contributed by atoms with E-state index >= 15 is 0 Å². The summed E-state index contributed by atoms with van der Waals surface area (Å²) >= 11 is 0. The fraction of sp³-hybridized carbons (Fsp3) is 1.00. The van der Waals surface area contributed by atoms with E-state index in [1.54, 1.807) is 8.61 Å². The molecule has 0 spiro atoms. The van der Waals surface area contributed by atoms with Gasteiger partial charge in [-0.15, -0.1) is 0 Å². The van der Waals surface area contributed by atoms with Crippen LogP contribution in [0.2, 0.25) is 0 Å². The van der Waals surface area contributed by atoms with Gasteiger partial charge in [-0.25, -0.2) is 0 Å². The normalized spacial score (nSPS) is 20.3. The number of nitrogens with zero attached hydrogens (tertiary/aromatic N) is 3. The van der Waals surface area contributed by atoms with E-state index in [1.165, 1.54) is 0 Å². The molecule has 7 heteroatoms.